The second kappa shape index (κ2) is 21.6. The van der Waals surface area contributed by atoms with E-state index in [1.165, 1.54) is 12.1 Å². The summed E-state index contributed by atoms with van der Waals surface area (Å²) in [5.74, 6) is -1.23. The van der Waals surface area contributed by atoms with Gasteiger partial charge in [-0.3, -0.25) is 25.0 Å². The fourth-order valence-corrected chi connectivity index (χ4v) is 5.71. The van der Waals surface area contributed by atoms with E-state index >= 15 is 0 Å². The van der Waals surface area contributed by atoms with Crippen LogP contribution in [-0.4, -0.2) is 73.8 Å². The number of carboxylic acid groups (broad SMARTS) is 1. The number of ether oxygens (including phenoxy) is 2. The number of hydrogen-bond donors (Lipinski definition) is 4. The predicted molar refractivity (Wildman–Crippen MR) is 191 cm³/mol. The van der Waals surface area contributed by atoms with Crippen molar-refractivity contribution in [3.8, 4) is 0 Å². The molecule has 4 rings (SSSR count). The molecule has 0 radical (unpaired) electrons. The summed E-state index contributed by atoms with van der Waals surface area (Å²) in [7, 11) is 0. The Bertz CT molecular complexity index is 1520. The van der Waals surface area contributed by atoms with Crippen molar-refractivity contribution in [3.63, 3.8) is 0 Å². The SMILES string of the molecule is CC(C)(C)OC(=O)CBr.O=C(O)COC1CCC(Nc2ccc([N+](=O)[O-])c(C(F)F)c2)CC1.O=[N+]([O-])c1ccc(NC2CCC(O)CC2)cc1C(F)F. The number of nitrogens with zero attached hydrogens (tertiary/aromatic N) is 2. The summed E-state index contributed by atoms with van der Waals surface area (Å²) in [6.07, 6.45) is -0.634. The fraction of sp³-hybridized carbons (Fsp3) is 0.588. The molecule has 2 aromatic carbocycles. The fourth-order valence-electron chi connectivity index (χ4n) is 5.59. The number of benzene rings is 2. The van der Waals surface area contributed by atoms with Crippen molar-refractivity contribution in [2.75, 3.05) is 22.6 Å². The Hall–Kier alpha value is -4.10. The summed E-state index contributed by atoms with van der Waals surface area (Å²) in [6.45, 7) is 5.19. The van der Waals surface area contributed by atoms with E-state index in [-0.39, 0.29) is 47.8 Å². The van der Waals surface area contributed by atoms with E-state index in [1.54, 1.807) is 0 Å². The van der Waals surface area contributed by atoms with E-state index in [9.17, 15) is 52.5 Å². The minimum absolute atomic E-state index is 0.0293. The average molecular weight is 826 g/mol. The van der Waals surface area contributed by atoms with E-state index in [4.69, 9.17) is 14.6 Å². The zero-order chi connectivity index (χ0) is 39.9. The van der Waals surface area contributed by atoms with Crippen LogP contribution in [0.1, 0.15) is 96.1 Å². The number of nitrogens with one attached hydrogen (secondary N) is 2. The third-order valence-electron chi connectivity index (χ3n) is 8.00. The number of anilines is 2. The first-order valence-corrected chi connectivity index (χ1v) is 17.9. The molecule has 0 amide bonds. The molecule has 53 heavy (non-hydrogen) atoms. The number of carbonyl (C=O) groups excluding carboxylic acids is 1. The number of nitro benzene ring substituents is 2. The zero-order valence-corrected chi connectivity index (χ0v) is 31.0. The molecule has 2 saturated carbocycles. The molecule has 2 aliphatic rings. The van der Waals surface area contributed by atoms with Crippen LogP contribution in [0, 0.1) is 20.2 Å². The number of halogens is 5. The molecular formula is C34H45BrF4N4O10. The maximum absolute atomic E-state index is 13.0. The first kappa shape index (κ1) is 45.1. The van der Waals surface area contributed by atoms with Gasteiger partial charge in [0.05, 0.1) is 33.2 Å². The van der Waals surface area contributed by atoms with Crippen molar-refractivity contribution < 1.29 is 56.7 Å². The zero-order valence-electron chi connectivity index (χ0n) is 29.4. The van der Waals surface area contributed by atoms with Crippen LogP contribution in [-0.2, 0) is 19.1 Å². The van der Waals surface area contributed by atoms with Crippen molar-refractivity contribution >= 4 is 50.6 Å². The highest BCUT2D eigenvalue weighted by Gasteiger charge is 2.26. The number of carboxylic acids is 1. The van der Waals surface area contributed by atoms with Crippen LogP contribution in [0.2, 0.25) is 0 Å². The predicted octanol–water partition coefficient (Wildman–Crippen LogP) is 8.33. The van der Waals surface area contributed by atoms with E-state index in [0.717, 1.165) is 37.1 Å². The Kier molecular flexibility index (Phi) is 18.3. The summed E-state index contributed by atoms with van der Waals surface area (Å²) >= 11 is 2.99. The summed E-state index contributed by atoms with van der Waals surface area (Å²) in [5, 5.41) is 45.9. The lowest BCUT2D eigenvalue weighted by atomic mass is 9.92. The van der Waals surface area contributed by atoms with Gasteiger partial charge in [-0.25, -0.2) is 22.4 Å². The summed E-state index contributed by atoms with van der Waals surface area (Å²) in [5.41, 5.74) is -1.84. The second-order valence-corrected chi connectivity index (χ2v) is 13.9. The minimum Gasteiger partial charge on any atom is -0.480 e. The molecule has 0 unspecified atom stereocenters. The van der Waals surface area contributed by atoms with Crippen LogP contribution in [0.15, 0.2) is 36.4 Å². The van der Waals surface area contributed by atoms with Crippen LogP contribution < -0.4 is 10.6 Å². The first-order valence-electron chi connectivity index (χ1n) is 16.7. The molecule has 0 aliphatic heterocycles. The van der Waals surface area contributed by atoms with Crippen LogP contribution in [0.4, 0.5) is 40.3 Å². The van der Waals surface area contributed by atoms with E-state index in [2.05, 4.69) is 26.6 Å². The smallest absolute Gasteiger partial charge is 0.329 e. The highest BCUT2D eigenvalue weighted by Crippen LogP contribution is 2.34. The van der Waals surface area contributed by atoms with Crippen molar-refractivity contribution in [1.82, 2.24) is 0 Å². The number of aliphatic hydroxyl groups excluding tert-OH is 1. The molecule has 2 aliphatic carbocycles. The van der Waals surface area contributed by atoms with Gasteiger partial charge in [0.2, 0.25) is 0 Å². The van der Waals surface area contributed by atoms with E-state index in [0.29, 0.717) is 49.9 Å². The minimum atomic E-state index is -2.92. The van der Waals surface area contributed by atoms with Crippen molar-refractivity contribution in [2.45, 2.75) is 115 Å². The van der Waals surface area contributed by atoms with Crippen LogP contribution in [0.25, 0.3) is 0 Å². The van der Waals surface area contributed by atoms with Gasteiger partial charge in [0, 0.05) is 35.6 Å². The Morgan fingerprint density at radius 1 is 0.830 bits per heavy atom. The van der Waals surface area contributed by atoms with E-state index < -0.39 is 51.2 Å². The average Bonchev–Trinajstić information content (AvgIpc) is 3.08. The van der Waals surface area contributed by atoms with Gasteiger partial charge in [-0.2, -0.15) is 0 Å². The number of alkyl halides is 5. The molecule has 4 N–H and O–H groups in total. The van der Waals surface area contributed by atoms with Gasteiger partial charge >= 0.3 is 11.9 Å². The number of aliphatic hydroxyl groups is 1. The molecule has 0 bridgehead atoms. The normalized spacial score (nSPS) is 19.9. The van der Waals surface area contributed by atoms with Crippen molar-refractivity contribution in [2.24, 2.45) is 0 Å². The Balaban J connectivity index is 0.000000302. The Morgan fingerprint density at radius 3 is 1.57 bits per heavy atom. The third kappa shape index (κ3) is 16.6. The van der Waals surface area contributed by atoms with Gasteiger partial charge in [-0.1, -0.05) is 15.9 Å². The molecule has 2 fully saturated rings. The van der Waals surface area contributed by atoms with Gasteiger partial charge in [0.15, 0.2) is 0 Å². The summed E-state index contributed by atoms with van der Waals surface area (Å²) in [4.78, 5) is 40.9. The molecule has 14 nitrogen and oxygen atoms in total. The standard InChI is InChI=1S/C15H18F2N2O5.C13H16F2N2O3.C6H11BrO2/c16-15(17)12-7-10(3-6-13(12)19(22)23)18-9-1-4-11(5-2-9)24-8-14(20)21;14-13(15)11-7-9(3-6-12(11)17(19)20)16-8-1-4-10(18)5-2-8;1-6(2,3)9-5(8)4-7/h3,6-7,9,11,15,18H,1-2,4-5,8H2,(H,20,21);3,6-8,10,13,16,18H,1-2,4-5H2;4H2,1-3H3. The van der Waals surface area contributed by atoms with E-state index in [1.807, 2.05) is 20.8 Å². The van der Waals surface area contributed by atoms with Crippen molar-refractivity contribution in [1.29, 1.82) is 0 Å². The molecule has 0 heterocycles. The number of hydrogen-bond acceptors (Lipinski definition) is 11. The molecule has 2 aromatic rings. The van der Waals surface area contributed by atoms with Crippen LogP contribution in [0.5, 0.6) is 0 Å². The number of aliphatic carboxylic acids is 1. The van der Waals surface area contributed by atoms with Crippen LogP contribution in [0.3, 0.4) is 0 Å². The molecule has 19 heteroatoms. The molecule has 0 aromatic heterocycles. The number of carbonyl (C=O) groups is 2. The second-order valence-electron chi connectivity index (χ2n) is 13.4. The van der Waals surface area contributed by atoms with Crippen LogP contribution >= 0.6 is 15.9 Å². The maximum Gasteiger partial charge on any atom is 0.329 e. The third-order valence-corrected chi connectivity index (χ3v) is 8.46. The van der Waals surface area contributed by atoms with Crippen molar-refractivity contribution in [3.05, 3.63) is 67.8 Å². The van der Waals surface area contributed by atoms with Gasteiger partial charge in [-0.15, -0.1) is 0 Å². The maximum atomic E-state index is 13.0. The molecule has 0 spiro atoms. The lowest BCUT2D eigenvalue weighted by Gasteiger charge is -2.29. The largest absolute Gasteiger partial charge is 0.480 e. The molecule has 0 saturated heterocycles. The van der Waals surface area contributed by atoms with Gasteiger partial charge in [0.25, 0.3) is 24.2 Å². The number of nitro groups is 2. The highest BCUT2D eigenvalue weighted by molar-refractivity contribution is 9.09. The number of rotatable bonds is 12. The molecule has 296 valence electrons. The lowest BCUT2D eigenvalue weighted by Crippen LogP contribution is -2.30. The topological polar surface area (TPSA) is 203 Å². The molecule has 0 atom stereocenters. The Morgan fingerprint density at radius 2 is 1.25 bits per heavy atom. The summed E-state index contributed by atoms with van der Waals surface area (Å²) in [6, 6.07) is 7.40. The molecular weight excluding hydrogens is 780 g/mol. The van der Waals surface area contributed by atoms with Gasteiger partial charge in [0.1, 0.15) is 17.5 Å². The first-order chi connectivity index (χ1) is 24.8. The van der Waals surface area contributed by atoms with Gasteiger partial charge < -0.3 is 30.3 Å². The van der Waals surface area contributed by atoms with Gasteiger partial charge in [-0.05, 0) is 96.4 Å². The summed E-state index contributed by atoms with van der Waals surface area (Å²) < 4.78 is 61.7. The Labute approximate surface area is 312 Å². The quantitative estimate of drug-likeness (QED) is 0.0525. The monoisotopic (exact) mass is 824 g/mol. The highest BCUT2D eigenvalue weighted by atomic mass is 79.9. The number of esters is 1. The lowest BCUT2D eigenvalue weighted by molar-refractivity contribution is -0.386.